The van der Waals surface area contributed by atoms with Gasteiger partial charge in [-0.05, 0) is 17.7 Å². The second kappa shape index (κ2) is 6.99. The Hall–Kier alpha value is -2.78. The lowest BCUT2D eigenvalue weighted by molar-refractivity contribution is -0.126. The summed E-state index contributed by atoms with van der Waals surface area (Å²) in [6.07, 6.45) is 1.90. The van der Waals surface area contributed by atoms with Crippen molar-refractivity contribution in [3.05, 3.63) is 60.4 Å². The number of nitrogens with zero attached hydrogens (tertiary/aromatic N) is 2. The standard InChI is InChI=1S/C16H15N3O5S/c20-15-11-24-16(21)19(15)10-14(12-5-2-1-3-6-12)18-25(22,23)13-7-4-8-17-9-13/h1-9,14,18H,10-11H2/t14-/m1/s1. The van der Waals surface area contributed by atoms with Gasteiger partial charge in [0.1, 0.15) is 4.90 Å². The van der Waals surface area contributed by atoms with Crippen molar-refractivity contribution in [2.45, 2.75) is 10.9 Å². The zero-order chi connectivity index (χ0) is 17.9. The van der Waals surface area contributed by atoms with Gasteiger partial charge in [-0.2, -0.15) is 0 Å². The third-order valence-electron chi connectivity index (χ3n) is 3.65. The van der Waals surface area contributed by atoms with Crippen LogP contribution < -0.4 is 4.72 Å². The van der Waals surface area contributed by atoms with Gasteiger partial charge in [0, 0.05) is 12.4 Å². The van der Waals surface area contributed by atoms with Crippen LogP contribution >= 0.6 is 0 Å². The van der Waals surface area contributed by atoms with Gasteiger partial charge < -0.3 is 4.74 Å². The molecule has 1 aliphatic heterocycles. The Kier molecular flexibility index (Phi) is 4.77. The summed E-state index contributed by atoms with van der Waals surface area (Å²) in [6.45, 7) is -0.503. The lowest BCUT2D eigenvalue weighted by Gasteiger charge is -2.22. The number of ether oxygens (including phenoxy) is 1. The third kappa shape index (κ3) is 3.83. The first-order valence-electron chi connectivity index (χ1n) is 7.42. The molecule has 1 fully saturated rings. The quantitative estimate of drug-likeness (QED) is 0.825. The molecule has 2 amide bonds. The molecule has 0 spiro atoms. The molecule has 0 saturated carbocycles. The Morgan fingerprint density at radius 1 is 1.16 bits per heavy atom. The summed E-state index contributed by atoms with van der Waals surface area (Å²) < 4.78 is 32.4. The summed E-state index contributed by atoms with van der Waals surface area (Å²) in [6, 6.07) is 10.8. The van der Waals surface area contributed by atoms with Crippen LogP contribution in [0, 0.1) is 0 Å². The highest BCUT2D eigenvalue weighted by Crippen LogP contribution is 2.20. The molecule has 25 heavy (non-hydrogen) atoms. The van der Waals surface area contributed by atoms with E-state index in [0.717, 1.165) is 4.90 Å². The molecule has 1 aromatic heterocycles. The van der Waals surface area contributed by atoms with E-state index in [2.05, 4.69) is 14.4 Å². The zero-order valence-electron chi connectivity index (χ0n) is 13.0. The van der Waals surface area contributed by atoms with Crippen LogP contribution in [0.15, 0.2) is 59.8 Å². The normalized spacial score (nSPS) is 15.9. The van der Waals surface area contributed by atoms with Gasteiger partial charge in [0.05, 0.1) is 12.6 Å². The molecule has 3 rings (SSSR count). The summed E-state index contributed by atoms with van der Waals surface area (Å²) in [4.78, 5) is 28.1. The maximum Gasteiger partial charge on any atom is 0.417 e. The average molecular weight is 361 g/mol. The number of pyridine rings is 1. The highest BCUT2D eigenvalue weighted by molar-refractivity contribution is 7.89. The molecule has 2 aromatic rings. The minimum atomic E-state index is -3.89. The molecule has 2 heterocycles. The summed E-state index contributed by atoms with van der Waals surface area (Å²) in [5.74, 6) is -0.508. The van der Waals surface area contributed by atoms with Gasteiger partial charge in [0.15, 0.2) is 6.61 Å². The van der Waals surface area contributed by atoms with E-state index in [0.29, 0.717) is 5.56 Å². The van der Waals surface area contributed by atoms with Crippen molar-refractivity contribution >= 4 is 22.0 Å². The number of sulfonamides is 1. The number of aromatic nitrogens is 1. The highest BCUT2D eigenvalue weighted by Gasteiger charge is 2.34. The second-order valence-corrected chi connectivity index (χ2v) is 7.05. The second-order valence-electron chi connectivity index (χ2n) is 5.33. The summed E-state index contributed by atoms with van der Waals surface area (Å²) in [5.41, 5.74) is 0.613. The number of amides is 2. The van der Waals surface area contributed by atoms with Crippen LogP contribution in [0.2, 0.25) is 0 Å². The first-order chi connectivity index (χ1) is 12.0. The molecule has 130 valence electrons. The van der Waals surface area contributed by atoms with Crippen molar-refractivity contribution in [2.24, 2.45) is 0 Å². The first kappa shape index (κ1) is 17.1. The number of imide groups is 1. The molecule has 1 atom stereocenters. The fraction of sp³-hybridized carbons (Fsp3) is 0.188. The SMILES string of the molecule is O=C1COC(=O)N1C[C@@H](NS(=O)(=O)c1cccnc1)c1ccccc1. The van der Waals surface area contributed by atoms with Gasteiger partial charge in [0.25, 0.3) is 5.91 Å². The highest BCUT2D eigenvalue weighted by atomic mass is 32.2. The summed E-state index contributed by atoms with van der Waals surface area (Å²) >= 11 is 0. The fourth-order valence-electron chi connectivity index (χ4n) is 2.40. The van der Waals surface area contributed by atoms with Crippen molar-refractivity contribution in [3.63, 3.8) is 0 Å². The molecule has 0 unspecified atom stereocenters. The van der Waals surface area contributed by atoms with Crippen LogP contribution in [-0.2, 0) is 19.6 Å². The van der Waals surface area contributed by atoms with Crippen LogP contribution in [-0.4, -0.2) is 43.5 Å². The van der Waals surface area contributed by atoms with E-state index in [4.69, 9.17) is 0 Å². The molecular formula is C16H15N3O5S. The Bertz CT molecular complexity index is 855. The monoisotopic (exact) mass is 361 g/mol. The molecule has 1 aliphatic rings. The van der Waals surface area contributed by atoms with Crippen molar-refractivity contribution in [1.29, 1.82) is 0 Å². The Balaban J connectivity index is 1.89. The Labute approximate surface area is 144 Å². The lowest BCUT2D eigenvalue weighted by Crippen LogP contribution is -2.40. The number of cyclic esters (lactones) is 1. The first-order valence-corrected chi connectivity index (χ1v) is 8.90. The number of carbonyl (C=O) groups excluding carboxylic acids is 2. The van der Waals surface area contributed by atoms with Gasteiger partial charge >= 0.3 is 6.09 Å². The molecule has 0 radical (unpaired) electrons. The van der Waals surface area contributed by atoms with Crippen LogP contribution in [0.1, 0.15) is 11.6 Å². The van der Waals surface area contributed by atoms with E-state index in [9.17, 15) is 18.0 Å². The predicted octanol–water partition coefficient (Wildman–Crippen LogP) is 1.08. The van der Waals surface area contributed by atoms with Crippen LogP contribution in [0.25, 0.3) is 0 Å². The number of hydrogen-bond acceptors (Lipinski definition) is 6. The summed E-state index contributed by atoms with van der Waals surface area (Å²) in [5, 5.41) is 0. The average Bonchev–Trinajstić information content (AvgIpc) is 2.94. The number of carbonyl (C=O) groups is 2. The fourth-order valence-corrected chi connectivity index (χ4v) is 3.58. The smallest absolute Gasteiger partial charge is 0.417 e. The third-order valence-corrected chi connectivity index (χ3v) is 5.11. The van der Waals surface area contributed by atoms with Crippen LogP contribution in [0.3, 0.4) is 0 Å². The molecule has 8 nitrogen and oxygen atoms in total. The van der Waals surface area contributed by atoms with E-state index >= 15 is 0 Å². The van der Waals surface area contributed by atoms with E-state index in [1.807, 2.05) is 0 Å². The van der Waals surface area contributed by atoms with Gasteiger partial charge in [0.2, 0.25) is 10.0 Å². The summed E-state index contributed by atoms with van der Waals surface area (Å²) in [7, 11) is -3.89. The van der Waals surface area contributed by atoms with Gasteiger partial charge in [-0.3, -0.25) is 9.78 Å². The molecule has 0 aliphatic carbocycles. The van der Waals surface area contributed by atoms with E-state index in [1.54, 1.807) is 30.3 Å². The minimum absolute atomic E-state index is 0.00810. The van der Waals surface area contributed by atoms with Crippen LogP contribution in [0.5, 0.6) is 0 Å². The van der Waals surface area contributed by atoms with E-state index < -0.39 is 28.1 Å². The van der Waals surface area contributed by atoms with Crippen molar-refractivity contribution in [1.82, 2.24) is 14.6 Å². The molecule has 1 saturated heterocycles. The zero-order valence-corrected chi connectivity index (χ0v) is 13.8. The molecule has 1 N–H and O–H groups in total. The topological polar surface area (TPSA) is 106 Å². The minimum Gasteiger partial charge on any atom is -0.439 e. The van der Waals surface area contributed by atoms with E-state index in [-0.39, 0.29) is 18.0 Å². The molecule has 9 heteroatoms. The maximum atomic E-state index is 12.6. The largest absolute Gasteiger partial charge is 0.439 e. The molecule has 0 bridgehead atoms. The predicted molar refractivity (Wildman–Crippen MR) is 86.8 cm³/mol. The molecule has 1 aromatic carbocycles. The van der Waals surface area contributed by atoms with Gasteiger partial charge in [-0.15, -0.1) is 0 Å². The Morgan fingerprint density at radius 2 is 1.92 bits per heavy atom. The van der Waals surface area contributed by atoms with Gasteiger partial charge in [-0.25, -0.2) is 22.8 Å². The molecular weight excluding hydrogens is 346 g/mol. The number of rotatable bonds is 6. The Morgan fingerprint density at radius 3 is 2.52 bits per heavy atom. The number of hydrogen-bond donors (Lipinski definition) is 1. The van der Waals surface area contributed by atoms with E-state index in [1.165, 1.54) is 24.5 Å². The lowest BCUT2D eigenvalue weighted by atomic mass is 10.1. The van der Waals surface area contributed by atoms with Crippen molar-refractivity contribution in [2.75, 3.05) is 13.2 Å². The van der Waals surface area contributed by atoms with Gasteiger partial charge in [-0.1, -0.05) is 30.3 Å². The van der Waals surface area contributed by atoms with Crippen molar-refractivity contribution in [3.8, 4) is 0 Å². The number of nitrogens with one attached hydrogen (secondary N) is 1. The van der Waals surface area contributed by atoms with Crippen LogP contribution in [0.4, 0.5) is 4.79 Å². The number of benzene rings is 1. The maximum absolute atomic E-state index is 12.6. The van der Waals surface area contributed by atoms with Crippen molar-refractivity contribution < 1.29 is 22.7 Å².